The Bertz CT molecular complexity index is 1660. The molecule has 0 spiro atoms. The first kappa shape index (κ1) is 41.0. The first-order valence-electron chi connectivity index (χ1n) is 15.6. The predicted molar refractivity (Wildman–Crippen MR) is 180 cm³/mol. The van der Waals surface area contributed by atoms with Crippen molar-refractivity contribution in [2.24, 2.45) is 5.73 Å². The van der Waals surface area contributed by atoms with Crippen LogP contribution in [-0.2, 0) is 44.8 Å². The molecule has 2 aromatic carbocycles. The number of likely N-dealkylation sites (N-methyl/N-ethyl adjacent to an activating group) is 1. The molecular formula is C34H41FN6O10. The molecule has 2 aromatic rings. The molecule has 2 rings (SSSR count). The minimum Gasteiger partial charge on any atom is -0.481 e. The van der Waals surface area contributed by atoms with Crippen molar-refractivity contribution in [2.45, 2.75) is 57.7 Å². The van der Waals surface area contributed by atoms with E-state index < -0.39 is 90.8 Å². The number of carboxylic acids is 2. The highest BCUT2D eigenvalue weighted by atomic mass is 19.1. The molecule has 0 bridgehead atoms. The average Bonchev–Trinajstić information content (AvgIpc) is 3.07. The van der Waals surface area contributed by atoms with Gasteiger partial charge in [0.2, 0.25) is 35.4 Å². The smallest absolute Gasteiger partial charge is 0.326 e. The van der Waals surface area contributed by atoms with Crippen LogP contribution in [0.4, 0.5) is 4.39 Å². The van der Waals surface area contributed by atoms with Gasteiger partial charge in [-0.05, 0) is 49.1 Å². The van der Waals surface area contributed by atoms with Gasteiger partial charge in [0.25, 0.3) is 0 Å². The third kappa shape index (κ3) is 14.5. The molecule has 8 N–H and O–H groups in total. The van der Waals surface area contributed by atoms with Crippen LogP contribution in [0.3, 0.4) is 0 Å². The summed E-state index contributed by atoms with van der Waals surface area (Å²) in [6.45, 7) is 1.86. The number of nitrogens with one attached hydrogen (secondary N) is 4. The average molecular weight is 713 g/mol. The van der Waals surface area contributed by atoms with Gasteiger partial charge in [0.05, 0.1) is 19.5 Å². The molecule has 274 valence electrons. The number of benzene rings is 2. The molecule has 51 heavy (non-hydrogen) atoms. The maximum atomic E-state index is 13.6. The fourth-order valence-corrected chi connectivity index (χ4v) is 4.58. The van der Waals surface area contributed by atoms with Crippen LogP contribution >= 0.6 is 0 Å². The van der Waals surface area contributed by atoms with Gasteiger partial charge in [-0.25, -0.2) is 9.18 Å². The molecule has 0 saturated heterocycles. The second-order valence-electron chi connectivity index (χ2n) is 11.6. The number of aliphatic carboxylic acids is 2. The summed E-state index contributed by atoms with van der Waals surface area (Å²) in [5.41, 5.74) is 7.62. The van der Waals surface area contributed by atoms with Crippen LogP contribution in [0.25, 0.3) is 6.08 Å². The number of hydrogen-bond acceptors (Lipinski definition) is 8. The van der Waals surface area contributed by atoms with E-state index in [1.165, 1.54) is 31.2 Å². The van der Waals surface area contributed by atoms with Crippen LogP contribution in [0.5, 0.6) is 0 Å². The number of halogens is 1. The lowest BCUT2D eigenvalue weighted by Crippen LogP contribution is -2.54. The molecule has 0 aromatic heterocycles. The number of nitrogens with two attached hydrogens (primary N) is 1. The maximum absolute atomic E-state index is 13.6. The summed E-state index contributed by atoms with van der Waals surface area (Å²) in [6, 6.07) is 6.79. The fourth-order valence-electron chi connectivity index (χ4n) is 4.58. The van der Waals surface area contributed by atoms with Gasteiger partial charge >= 0.3 is 11.9 Å². The number of hydrogen-bond donors (Lipinski definition) is 7. The van der Waals surface area contributed by atoms with E-state index >= 15 is 0 Å². The summed E-state index contributed by atoms with van der Waals surface area (Å²) >= 11 is 0. The Morgan fingerprint density at radius 2 is 1.53 bits per heavy atom. The third-order valence-electron chi connectivity index (χ3n) is 7.48. The van der Waals surface area contributed by atoms with E-state index in [1.807, 2.05) is 19.1 Å². The van der Waals surface area contributed by atoms with Crippen molar-refractivity contribution >= 4 is 53.5 Å². The van der Waals surface area contributed by atoms with E-state index in [1.54, 1.807) is 12.1 Å². The molecule has 0 heterocycles. The second-order valence-corrected chi connectivity index (χ2v) is 11.6. The van der Waals surface area contributed by atoms with E-state index in [2.05, 4.69) is 21.3 Å². The standard InChI is InChI=1S/C34H41FN6O10/c1-19-4-6-21(7-5-19)9-13-28(43)39-24(11-12-27(36)42)32(48)38-18-30(45)41(3)26(16-31(46)47)33(49)37-17-29(44)40-25(34(50)51)15-22-8-10-23(35)20(2)14-22/h4-10,13-14,24-26H,11-12,15-18H2,1-3H3,(H2,36,42)(H,37,49)(H,38,48)(H,39,43)(H,40,44)(H,46,47)(H,50,51)/b13-9+/t24-,25-,26-/m0/s1. The number of amides is 6. The molecule has 16 nitrogen and oxygen atoms in total. The summed E-state index contributed by atoms with van der Waals surface area (Å²) in [4.78, 5) is 99.2. The van der Waals surface area contributed by atoms with Gasteiger partial charge < -0.3 is 42.1 Å². The van der Waals surface area contributed by atoms with Crippen LogP contribution in [0.1, 0.15) is 41.5 Å². The normalized spacial score (nSPS) is 12.5. The lowest BCUT2D eigenvalue weighted by atomic mass is 10.0. The van der Waals surface area contributed by atoms with Gasteiger partial charge in [-0.1, -0.05) is 42.0 Å². The Morgan fingerprint density at radius 1 is 0.882 bits per heavy atom. The zero-order valence-corrected chi connectivity index (χ0v) is 28.2. The highest BCUT2D eigenvalue weighted by molar-refractivity contribution is 5.97. The Labute approximate surface area is 292 Å². The quantitative estimate of drug-likeness (QED) is 0.0924. The van der Waals surface area contributed by atoms with E-state index in [9.17, 15) is 53.0 Å². The summed E-state index contributed by atoms with van der Waals surface area (Å²) in [5.74, 6) is -8.58. The molecule has 6 amide bonds. The van der Waals surface area contributed by atoms with Crippen LogP contribution in [0.15, 0.2) is 48.5 Å². The Hall–Kier alpha value is -6.13. The number of rotatable bonds is 19. The molecule has 0 aliphatic carbocycles. The molecule has 0 fully saturated rings. The van der Waals surface area contributed by atoms with Crippen molar-refractivity contribution in [2.75, 3.05) is 20.1 Å². The molecule has 0 radical (unpaired) electrons. The lowest BCUT2D eigenvalue weighted by Gasteiger charge is -2.27. The van der Waals surface area contributed by atoms with Gasteiger partial charge in [0, 0.05) is 26.0 Å². The summed E-state index contributed by atoms with van der Waals surface area (Å²) in [7, 11) is 1.09. The fraction of sp³-hybridized carbons (Fsp3) is 0.353. The Kier molecular flexibility index (Phi) is 15.9. The number of carbonyl (C=O) groups is 8. The van der Waals surface area contributed by atoms with Crippen molar-refractivity contribution in [3.05, 3.63) is 76.6 Å². The molecule has 0 unspecified atom stereocenters. The van der Waals surface area contributed by atoms with E-state index in [0.717, 1.165) is 23.6 Å². The van der Waals surface area contributed by atoms with Crippen molar-refractivity contribution < 1.29 is 53.0 Å². The van der Waals surface area contributed by atoms with Gasteiger partial charge in [-0.2, -0.15) is 0 Å². The van der Waals surface area contributed by atoms with E-state index in [-0.39, 0.29) is 24.8 Å². The first-order chi connectivity index (χ1) is 24.0. The number of nitrogens with zero attached hydrogens (tertiary/aromatic N) is 1. The lowest BCUT2D eigenvalue weighted by molar-refractivity contribution is -0.146. The van der Waals surface area contributed by atoms with Gasteiger partial charge in [-0.3, -0.25) is 33.6 Å². The number of aryl methyl sites for hydroxylation is 2. The predicted octanol–water partition coefficient (Wildman–Crippen LogP) is -0.448. The van der Waals surface area contributed by atoms with Crippen molar-refractivity contribution in [1.29, 1.82) is 0 Å². The minimum atomic E-state index is -1.66. The van der Waals surface area contributed by atoms with Gasteiger partial charge in [0.15, 0.2) is 0 Å². The van der Waals surface area contributed by atoms with E-state index in [4.69, 9.17) is 5.73 Å². The van der Waals surface area contributed by atoms with Crippen LogP contribution < -0.4 is 27.0 Å². The number of carbonyl (C=O) groups excluding carboxylic acids is 6. The second kappa shape index (κ2) is 19.8. The molecule has 0 saturated carbocycles. The van der Waals surface area contributed by atoms with Crippen LogP contribution in [0.2, 0.25) is 0 Å². The number of carboxylic acid groups (broad SMARTS) is 2. The van der Waals surface area contributed by atoms with Crippen LogP contribution in [-0.4, -0.2) is 101 Å². The molecule has 17 heteroatoms. The third-order valence-corrected chi connectivity index (χ3v) is 7.48. The zero-order valence-electron chi connectivity index (χ0n) is 28.2. The summed E-state index contributed by atoms with van der Waals surface area (Å²) in [5, 5.41) is 28.0. The molecule has 0 aliphatic rings. The topological polar surface area (TPSA) is 254 Å². The minimum absolute atomic E-state index is 0.196. The van der Waals surface area contributed by atoms with Crippen molar-refractivity contribution in [3.63, 3.8) is 0 Å². The Morgan fingerprint density at radius 3 is 2.12 bits per heavy atom. The Balaban J connectivity index is 2.01. The zero-order chi connectivity index (χ0) is 38.2. The molecular weight excluding hydrogens is 671 g/mol. The van der Waals surface area contributed by atoms with Crippen molar-refractivity contribution in [3.8, 4) is 0 Å². The summed E-state index contributed by atoms with van der Waals surface area (Å²) in [6.07, 6.45) is 1.12. The maximum Gasteiger partial charge on any atom is 0.326 e. The van der Waals surface area contributed by atoms with Crippen LogP contribution in [0, 0.1) is 19.7 Å². The van der Waals surface area contributed by atoms with Crippen molar-refractivity contribution in [1.82, 2.24) is 26.2 Å². The first-order valence-corrected chi connectivity index (χ1v) is 15.6. The molecule has 0 aliphatic heterocycles. The number of primary amides is 1. The van der Waals surface area contributed by atoms with E-state index in [0.29, 0.717) is 11.1 Å². The van der Waals surface area contributed by atoms with Gasteiger partial charge in [-0.15, -0.1) is 0 Å². The largest absolute Gasteiger partial charge is 0.481 e. The van der Waals surface area contributed by atoms with Gasteiger partial charge in [0.1, 0.15) is 23.9 Å². The summed E-state index contributed by atoms with van der Waals surface area (Å²) < 4.78 is 13.6. The SMILES string of the molecule is Cc1ccc(/C=C/C(=O)N[C@@H](CCC(N)=O)C(=O)NCC(=O)N(C)[C@@H](CC(=O)O)C(=O)NCC(=O)N[C@@H](Cc2ccc(F)c(C)c2)C(=O)O)cc1. The highest BCUT2D eigenvalue weighted by Crippen LogP contribution is 2.12. The highest BCUT2D eigenvalue weighted by Gasteiger charge is 2.31. The monoisotopic (exact) mass is 712 g/mol. The molecule has 3 atom stereocenters.